The van der Waals surface area contributed by atoms with E-state index in [9.17, 15) is 4.39 Å². The first-order valence-electron chi connectivity index (χ1n) is 5.56. The van der Waals surface area contributed by atoms with Gasteiger partial charge in [-0.05, 0) is 36.4 Å². The van der Waals surface area contributed by atoms with Gasteiger partial charge in [0, 0.05) is 13.1 Å². The summed E-state index contributed by atoms with van der Waals surface area (Å²) < 4.78 is 12.5. The monoisotopic (exact) mass is 224 g/mol. The summed E-state index contributed by atoms with van der Waals surface area (Å²) in [7, 11) is 0. The van der Waals surface area contributed by atoms with Gasteiger partial charge in [-0.25, -0.2) is 4.39 Å². The highest BCUT2D eigenvalue weighted by atomic mass is 19.1. The SMILES string of the molecule is C/C(=C\NCc1ccc(F)cc1)CN.CC. The first kappa shape index (κ1) is 14.6. The maximum absolute atomic E-state index is 12.5. The first-order valence-corrected chi connectivity index (χ1v) is 5.56. The summed E-state index contributed by atoms with van der Waals surface area (Å²) >= 11 is 0. The Balaban J connectivity index is 0.00000106. The largest absolute Gasteiger partial charge is 0.387 e. The molecule has 0 heterocycles. The molecule has 2 nitrogen and oxygen atoms in total. The molecule has 0 bridgehead atoms. The molecule has 0 aliphatic carbocycles. The molecule has 1 aromatic carbocycles. The maximum atomic E-state index is 12.5. The molecular formula is C13H21FN2. The molecule has 0 atom stereocenters. The second-order valence-corrected chi connectivity index (χ2v) is 3.20. The van der Waals surface area contributed by atoms with Crippen LogP contribution in [0.1, 0.15) is 26.3 Å². The molecule has 0 amide bonds. The average molecular weight is 224 g/mol. The van der Waals surface area contributed by atoms with E-state index in [4.69, 9.17) is 5.73 Å². The van der Waals surface area contributed by atoms with E-state index >= 15 is 0 Å². The Bertz CT molecular complexity index is 304. The van der Waals surface area contributed by atoms with Gasteiger partial charge in [-0.1, -0.05) is 26.0 Å². The van der Waals surface area contributed by atoms with Crippen LogP contribution in [0.4, 0.5) is 4.39 Å². The summed E-state index contributed by atoms with van der Waals surface area (Å²) in [5, 5.41) is 3.11. The van der Waals surface area contributed by atoms with Gasteiger partial charge in [0.05, 0.1) is 0 Å². The van der Waals surface area contributed by atoms with Gasteiger partial charge < -0.3 is 11.1 Å². The van der Waals surface area contributed by atoms with E-state index < -0.39 is 0 Å². The fraction of sp³-hybridized carbons (Fsp3) is 0.385. The molecule has 0 aliphatic heterocycles. The van der Waals surface area contributed by atoms with E-state index in [1.807, 2.05) is 27.0 Å². The average Bonchev–Trinajstić information content (AvgIpc) is 2.34. The molecule has 16 heavy (non-hydrogen) atoms. The van der Waals surface area contributed by atoms with Gasteiger partial charge >= 0.3 is 0 Å². The summed E-state index contributed by atoms with van der Waals surface area (Å²) in [6.45, 7) is 7.20. The van der Waals surface area contributed by atoms with Crippen molar-refractivity contribution < 1.29 is 4.39 Å². The topological polar surface area (TPSA) is 38.0 Å². The van der Waals surface area contributed by atoms with E-state index in [1.165, 1.54) is 12.1 Å². The van der Waals surface area contributed by atoms with Crippen LogP contribution in [0.2, 0.25) is 0 Å². The predicted octanol–water partition coefficient (Wildman–Crippen LogP) is 2.80. The summed E-state index contributed by atoms with van der Waals surface area (Å²) in [6, 6.07) is 6.43. The van der Waals surface area contributed by atoms with Crippen LogP contribution in [0.15, 0.2) is 36.0 Å². The van der Waals surface area contributed by atoms with Crippen LogP contribution in [0, 0.1) is 5.82 Å². The van der Waals surface area contributed by atoms with Crippen molar-refractivity contribution in [1.82, 2.24) is 5.32 Å². The van der Waals surface area contributed by atoms with Gasteiger partial charge in [0.2, 0.25) is 0 Å². The molecule has 90 valence electrons. The Morgan fingerprint density at radius 3 is 2.38 bits per heavy atom. The lowest BCUT2D eigenvalue weighted by Gasteiger charge is -2.02. The zero-order valence-electron chi connectivity index (χ0n) is 10.3. The maximum Gasteiger partial charge on any atom is 0.123 e. The highest BCUT2D eigenvalue weighted by Crippen LogP contribution is 2.02. The molecule has 0 aliphatic rings. The third-order valence-electron chi connectivity index (χ3n) is 1.89. The fourth-order valence-electron chi connectivity index (χ4n) is 1.00. The molecule has 0 radical (unpaired) electrons. The van der Waals surface area contributed by atoms with Gasteiger partial charge in [-0.3, -0.25) is 0 Å². The Morgan fingerprint density at radius 1 is 1.31 bits per heavy atom. The second-order valence-electron chi connectivity index (χ2n) is 3.20. The van der Waals surface area contributed by atoms with Crippen molar-refractivity contribution in [1.29, 1.82) is 0 Å². The lowest BCUT2D eigenvalue weighted by molar-refractivity contribution is 0.626. The fourth-order valence-corrected chi connectivity index (χ4v) is 1.00. The van der Waals surface area contributed by atoms with Crippen LogP contribution in [-0.2, 0) is 6.54 Å². The molecule has 1 aromatic rings. The van der Waals surface area contributed by atoms with Gasteiger partial charge in [0.25, 0.3) is 0 Å². The van der Waals surface area contributed by atoms with Crippen molar-refractivity contribution >= 4 is 0 Å². The van der Waals surface area contributed by atoms with Crippen molar-refractivity contribution in [3.8, 4) is 0 Å². The van der Waals surface area contributed by atoms with Gasteiger partial charge in [-0.15, -0.1) is 0 Å². The van der Waals surface area contributed by atoms with Crippen LogP contribution in [0.3, 0.4) is 0 Å². The zero-order chi connectivity index (χ0) is 12.4. The molecule has 0 aromatic heterocycles. The standard InChI is InChI=1S/C11H15FN2.C2H6/c1-9(6-13)7-14-8-10-2-4-11(12)5-3-10;1-2/h2-5,7,14H,6,8,13H2,1H3;1-2H3/b9-7+;. The Morgan fingerprint density at radius 2 is 1.88 bits per heavy atom. The highest BCUT2D eigenvalue weighted by molar-refractivity contribution is 5.16. The Kier molecular flexibility index (Phi) is 8.17. The Hall–Kier alpha value is -1.35. The number of hydrogen-bond acceptors (Lipinski definition) is 2. The van der Waals surface area contributed by atoms with Crippen LogP contribution < -0.4 is 11.1 Å². The van der Waals surface area contributed by atoms with Gasteiger partial charge in [0.15, 0.2) is 0 Å². The third-order valence-corrected chi connectivity index (χ3v) is 1.89. The molecular weight excluding hydrogens is 203 g/mol. The van der Waals surface area contributed by atoms with Gasteiger partial charge in [-0.2, -0.15) is 0 Å². The van der Waals surface area contributed by atoms with Crippen LogP contribution in [0.5, 0.6) is 0 Å². The van der Waals surface area contributed by atoms with Crippen molar-refractivity contribution in [3.05, 3.63) is 47.4 Å². The smallest absolute Gasteiger partial charge is 0.123 e. The van der Waals surface area contributed by atoms with Crippen molar-refractivity contribution in [3.63, 3.8) is 0 Å². The number of hydrogen-bond donors (Lipinski definition) is 2. The van der Waals surface area contributed by atoms with Crippen molar-refractivity contribution in [2.45, 2.75) is 27.3 Å². The van der Waals surface area contributed by atoms with E-state index in [0.717, 1.165) is 11.1 Å². The minimum atomic E-state index is -0.206. The zero-order valence-corrected chi connectivity index (χ0v) is 10.3. The van der Waals surface area contributed by atoms with Crippen LogP contribution in [-0.4, -0.2) is 6.54 Å². The Labute approximate surface area is 97.4 Å². The van der Waals surface area contributed by atoms with Crippen molar-refractivity contribution in [2.24, 2.45) is 5.73 Å². The van der Waals surface area contributed by atoms with Gasteiger partial charge in [0.1, 0.15) is 5.82 Å². The number of benzene rings is 1. The third kappa shape index (κ3) is 6.19. The molecule has 1 rings (SSSR count). The molecule has 0 fully saturated rings. The molecule has 3 N–H and O–H groups in total. The molecule has 0 spiro atoms. The van der Waals surface area contributed by atoms with Crippen molar-refractivity contribution in [2.75, 3.05) is 6.54 Å². The lowest BCUT2D eigenvalue weighted by atomic mass is 10.2. The minimum absolute atomic E-state index is 0.206. The summed E-state index contributed by atoms with van der Waals surface area (Å²) in [4.78, 5) is 0. The lowest BCUT2D eigenvalue weighted by Crippen LogP contribution is -2.09. The number of halogens is 1. The molecule has 0 saturated heterocycles. The number of nitrogens with two attached hydrogens (primary N) is 1. The molecule has 3 heteroatoms. The van der Waals surface area contributed by atoms with E-state index in [0.29, 0.717) is 13.1 Å². The highest BCUT2D eigenvalue weighted by Gasteiger charge is 1.91. The summed E-state index contributed by atoms with van der Waals surface area (Å²) in [5.41, 5.74) is 7.55. The first-order chi connectivity index (χ1) is 7.72. The predicted molar refractivity (Wildman–Crippen MR) is 67.4 cm³/mol. The van der Waals surface area contributed by atoms with E-state index in [-0.39, 0.29) is 5.82 Å². The summed E-state index contributed by atoms with van der Waals surface area (Å²) in [5.74, 6) is -0.206. The normalized spacial score (nSPS) is 10.4. The molecule has 0 unspecified atom stereocenters. The van der Waals surface area contributed by atoms with E-state index in [1.54, 1.807) is 12.1 Å². The summed E-state index contributed by atoms with van der Waals surface area (Å²) in [6.07, 6.45) is 1.88. The van der Waals surface area contributed by atoms with Crippen LogP contribution in [0.25, 0.3) is 0 Å². The minimum Gasteiger partial charge on any atom is -0.387 e. The number of nitrogens with one attached hydrogen (secondary N) is 1. The van der Waals surface area contributed by atoms with E-state index in [2.05, 4.69) is 5.32 Å². The van der Waals surface area contributed by atoms with Crippen LogP contribution >= 0.6 is 0 Å². The number of rotatable bonds is 4. The molecule has 0 saturated carbocycles. The second kappa shape index (κ2) is 8.92. The quantitative estimate of drug-likeness (QED) is 0.825.